The van der Waals surface area contributed by atoms with Crippen LogP contribution in [0.1, 0.15) is 50.3 Å². The number of nitrogens with one attached hydrogen (secondary N) is 1. The van der Waals surface area contributed by atoms with Gasteiger partial charge in [0.25, 0.3) is 17.7 Å². The van der Waals surface area contributed by atoms with Gasteiger partial charge in [-0.25, -0.2) is 4.79 Å². The highest BCUT2D eigenvalue weighted by Crippen LogP contribution is 2.32. The topological polar surface area (TPSA) is 104 Å². The Morgan fingerprint density at radius 1 is 1.18 bits per heavy atom. The molecule has 1 aliphatic heterocycles. The van der Waals surface area contributed by atoms with Gasteiger partial charge in [0, 0.05) is 12.6 Å². The van der Waals surface area contributed by atoms with Crippen LogP contribution in [-0.4, -0.2) is 46.3 Å². The minimum absolute atomic E-state index is 0.165. The molecule has 22 heavy (non-hydrogen) atoms. The number of carboxylic acid groups (broad SMARTS) is 1. The summed E-state index contributed by atoms with van der Waals surface area (Å²) in [7, 11) is 1.37. The van der Waals surface area contributed by atoms with Crippen LogP contribution in [0.25, 0.3) is 0 Å². The van der Waals surface area contributed by atoms with Crippen molar-refractivity contribution in [3.8, 4) is 0 Å². The van der Waals surface area contributed by atoms with E-state index in [-0.39, 0.29) is 16.7 Å². The molecular weight excluding hydrogens is 288 g/mol. The van der Waals surface area contributed by atoms with Gasteiger partial charge in [-0.2, -0.15) is 0 Å². The quantitative estimate of drug-likeness (QED) is 0.798. The lowest BCUT2D eigenvalue weighted by Gasteiger charge is -2.38. The Balaban J connectivity index is 1.88. The number of rotatable bonds is 3. The summed E-state index contributed by atoms with van der Waals surface area (Å²) in [5, 5.41) is 11.8. The van der Waals surface area contributed by atoms with Gasteiger partial charge in [-0.3, -0.25) is 19.3 Å². The summed E-state index contributed by atoms with van der Waals surface area (Å²) >= 11 is 0. The fraction of sp³-hybridized carbons (Fsp3) is 0.333. The number of hydrogen-bond acceptors (Lipinski definition) is 4. The molecule has 1 aromatic rings. The smallest absolute Gasteiger partial charge is 0.329 e. The summed E-state index contributed by atoms with van der Waals surface area (Å²) in [4.78, 5) is 48.2. The fourth-order valence-corrected chi connectivity index (χ4v) is 2.71. The summed E-state index contributed by atoms with van der Waals surface area (Å²) in [5.74, 6) is -2.49. The van der Waals surface area contributed by atoms with Crippen molar-refractivity contribution in [3.63, 3.8) is 0 Å². The molecule has 3 amide bonds. The molecule has 1 saturated carbocycles. The largest absolute Gasteiger partial charge is 0.480 e. The van der Waals surface area contributed by atoms with E-state index in [4.69, 9.17) is 0 Å². The predicted molar refractivity (Wildman–Crippen MR) is 74.6 cm³/mol. The molecule has 0 bridgehead atoms. The average molecular weight is 302 g/mol. The van der Waals surface area contributed by atoms with Crippen molar-refractivity contribution in [2.45, 2.75) is 24.8 Å². The third-order valence-corrected chi connectivity index (χ3v) is 4.32. The Hall–Kier alpha value is -2.70. The van der Waals surface area contributed by atoms with Crippen molar-refractivity contribution in [1.29, 1.82) is 0 Å². The zero-order valence-electron chi connectivity index (χ0n) is 11.9. The lowest BCUT2D eigenvalue weighted by atomic mass is 9.76. The number of amides is 3. The van der Waals surface area contributed by atoms with Crippen molar-refractivity contribution in [1.82, 2.24) is 10.2 Å². The van der Waals surface area contributed by atoms with Gasteiger partial charge in [-0.1, -0.05) is 0 Å². The number of carbonyl (C=O) groups excluding carboxylic acids is 3. The molecule has 1 aliphatic carbocycles. The first-order valence-corrected chi connectivity index (χ1v) is 6.88. The highest BCUT2D eigenvalue weighted by atomic mass is 16.4. The van der Waals surface area contributed by atoms with Crippen LogP contribution in [0.5, 0.6) is 0 Å². The highest BCUT2D eigenvalue weighted by molar-refractivity contribution is 6.21. The molecule has 3 rings (SSSR count). The second-order valence-electron chi connectivity index (χ2n) is 5.62. The third-order valence-electron chi connectivity index (χ3n) is 4.32. The highest BCUT2D eigenvalue weighted by Gasteiger charge is 2.46. The first-order chi connectivity index (χ1) is 10.4. The molecule has 0 unspecified atom stereocenters. The molecule has 1 fully saturated rings. The first-order valence-electron chi connectivity index (χ1n) is 6.88. The minimum Gasteiger partial charge on any atom is -0.480 e. The van der Waals surface area contributed by atoms with Crippen LogP contribution in [0.2, 0.25) is 0 Å². The number of hydrogen-bond donors (Lipinski definition) is 2. The van der Waals surface area contributed by atoms with Crippen molar-refractivity contribution < 1.29 is 24.3 Å². The van der Waals surface area contributed by atoms with Crippen LogP contribution in [0.4, 0.5) is 0 Å². The van der Waals surface area contributed by atoms with Crippen molar-refractivity contribution in [2.75, 3.05) is 7.05 Å². The molecule has 0 atom stereocenters. The van der Waals surface area contributed by atoms with E-state index in [1.54, 1.807) is 0 Å². The van der Waals surface area contributed by atoms with E-state index in [9.17, 15) is 24.3 Å². The van der Waals surface area contributed by atoms with E-state index in [0.29, 0.717) is 12.8 Å². The number of carbonyl (C=O) groups is 4. The first kappa shape index (κ1) is 14.2. The molecule has 0 spiro atoms. The van der Waals surface area contributed by atoms with E-state index < -0.39 is 29.2 Å². The fourth-order valence-electron chi connectivity index (χ4n) is 2.71. The molecular formula is C15H14N2O5. The van der Waals surface area contributed by atoms with Gasteiger partial charge >= 0.3 is 5.97 Å². The Morgan fingerprint density at radius 3 is 2.36 bits per heavy atom. The second-order valence-corrected chi connectivity index (χ2v) is 5.62. The average Bonchev–Trinajstić information content (AvgIpc) is 2.67. The normalized spacial score (nSPS) is 18.7. The summed E-state index contributed by atoms with van der Waals surface area (Å²) in [6.45, 7) is 0. The van der Waals surface area contributed by atoms with Crippen LogP contribution in [0, 0.1) is 0 Å². The molecule has 0 aromatic heterocycles. The number of carboxylic acids is 1. The van der Waals surface area contributed by atoms with E-state index in [1.807, 2.05) is 0 Å². The Bertz CT molecular complexity index is 721. The Morgan fingerprint density at radius 2 is 1.82 bits per heavy atom. The van der Waals surface area contributed by atoms with Crippen molar-refractivity contribution in [2.24, 2.45) is 0 Å². The zero-order valence-corrected chi connectivity index (χ0v) is 11.9. The molecule has 0 radical (unpaired) electrons. The van der Waals surface area contributed by atoms with Gasteiger partial charge in [0.15, 0.2) is 0 Å². The lowest BCUT2D eigenvalue weighted by Crippen LogP contribution is -2.59. The van der Waals surface area contributed by atoms with Crippen LogP contribution >= 0.6 is 0 Å². The van der Waals surface area contributed by atoms with Crippen molar-refractivity contribution >= 4 is 23.7 Å². The number of benzene rings is 1. The van der Waals surface area contributed by atoms with E-state index in [2.05, 4.69) is 5.32 Å². The summed E-state index contributed by atoms with van der Waals surface area (Å²) in [6.07, 6.45) is 1.52. The molecule has 1 aromatic carbocycles. The summed E-state index contributed by atoms with van der Waals surface area (Å²) in [5.41, 5.74) is -0.631. The van der Waals surface area contributed by atoms with E-state index in [1.165, 1.54) is 25.2 Å². The minimum atomic E-state index is -1.22. The second kappa shape index (κ2) is 4.66. The number of fused-ring (bicyclic) bond motifs is 1. The van der Waals surface area contributed by atoms with Gasteiger partial charge in [-0.05, 0) is 37.5 Å². The van der Waals surface area contributed by atoms with Crippen LogP contribution in [-0.2, 0) is 4.79 Å². The van der Waals surface area contributed by atoms with E-state index >= 15 is 0 Å². The maximum atomic E-state index is 12.2. The molecule has 1 heterocycles. The van der Waals surface area contributed by atoms with Gasteiger partial charge in [-0.15, -0.1) is 0 Å². The molecule has 2 N–H and O–H groups in total. The van der Waals surface area contributed by atoms with Gasteiger partial charge in [0.1, 0.15) is 5.54 Å². The molecule has 7 heteroatoms. The summed E-state index contributed by atoms with van der Waals surface area (Å²) in [6, 6.07) is 4.18. The molecule has 7 nitrogen and oxygen atoms in total. The molecule has 2 aliphatic rings. The zero-order chi connectivity index (χ0) is 16.1. The SMILES string of the molecule is CN1C(=O)c2ccc(C(=O)NC3(C(=O)O)CCC3)cc2C1=O. The summed E-state index contributed by atoms with van der Waals surface area (Å²) < 4.78 is 0. The Kier molecular flexibility index (Phi) is 3.01. The predicted octanol–water partition coefficient (Wildman–Crippen LogP) is 0.649. The van der Waals surface area contributed by atoms with Gasteiger partial charge in [0.05, 0.1) is 11.1 Å². The standard InChI is InChI=1S/C15H14N2O5/c1-17-12(19)9-4-3-8(7-10(9)13(17)20)11(18)16-15(14(21)22)5-2-6-15/h3-4,7H,2,5-6H2,1H3,(H,16,18)(H,21,22). The number of aliphatic carboxylic acids is 1. The van der Waals surface area contributed by atoms with Crippen LogP contribution < -0.4 is 5.32 Å². The monoisotopic (exact) mass is 302 g/mol. The van der Waals surface area contributed by atoms with Crippen LogP contribution in [0.15, 0.2) is 18.2 Å². The molecule has 0 saturated heterocycles. The van der Waals surface area contributed by atoms with Gasteiger partial charge < -0.3 is 10.4 Å². The Labute approximate surface area is 125 Å². The van der Waals surface area contributed by atoms with Gasteiger partial charge in [0.2, 0.25) is 0 Å². The van der Waals surface area contributed by atoms with Crippen molar-refractivity contribution in [3.05, 3.63) is 34.9 Å². The lowest BCUT2D eigenvalue weighted by molar-refractivity contribution is -0.148. The van der Waals surface area contributed by atoms with E-state index in [0.717, 1.165) is 11.3 Å². The molecule has 114 valence electrons. The van der Waals surface area contributed by atoms with Crippen LogP contribution in [0.3, 0.4) is 0 Å². The third kappa shape index (κ3) is 1.89. The maximum absolute atomic E-state index is 12.2. The number of imide groups is 1. The number of nitrogens with zero attached hydrogens (tertiary/aromatic N) is 1. The maximum Gasteiger partial charge on any atom is 0.329 e.